The average molecular weight is 418 g/mol. The molecule has 2 aromatic carbocycles. The number of benzene rings is 2. The predicted molar refractivity (Wildman–Crippen MR) is 121 cm³/mol. The maximum Gasteiger partial charge on any atom is 0.334 e. The number of esters is 1. The second kappa shape index (κ2) is 8.34. The van der Waals surface area contributed by atoms with E-state index in [9.17, 15) is 14.4 Å². The van der Waals surface area contributed by atoms with Crippen molar-refractivity contribution in [2.45, 2.75) is 39.0 Å². The quantitative estimate of drug-likeness (QED) is 0.402. The van der Waals surface area contributed by atoms with Gasteiger partial charge in [0.25, 0.3) is 11.8 Å². The van der Waals surface area contributed by atoms with Crippen LogP contribution in [-0.2, 0) is 24.5 Å². The van der Waals surface area contributed by atoms with Crippen LogP contribution in [-0.4, -0.2) is 24.9 Å². The van der Waals surface area contributed by atoms with Gasteiger partial charge in [0.15, 0.2) is 0 Å². The molecule has 1 aliphatic rings. The van der Waals surface area contributed by atoms with Crippen molar-refractivity contribution in [3.63, 3.8) is 0 Å². The van der Waals surface area contributed by atoms with Crippen molar-refractivity contribution in [1.82, 2.24) is 0 Å². The van der Waals surface area contributed by atoms with E-state index in [-0.39, 0.29) is 16.6 Å². The van der Waals surface area contributed by atoms with Gasteiger partial charge < -0.3 is 4.74 Å². The zero-order valence-corrected chi connectivity index (χ0v) is 18.6. The van der Waals surface area contributed by atoms with Gasteiger partial charge in [-0.1, -0.05) is 69.8 Å². The molecule has 0 bridgehead atoms. The first-order valence-electron chi connectivity index (χ1n) is 10.1. The van der Waals surface area contributed by atoms with E-state index < -0.39 is 23.7 Å². The van der Waals surface area contributed by atoms with Crippen LogP contribution >= 0.6 is 0 Å². The molecular formula is C26H27NO4. The summed E-state index contributed by atoms with van der Waals surface area (Å²) >= 11 is 0. The Bertz CT molecular complexity index is 1070. The highest BCUT2D eigenvalue weighted by molar-refractivity contribution is 6.33. The van der Waals surface area contributed by atoms with E-state index in [0.717, 1.165) is 10.5 Å². The lowest BCUT2D eigenvalue weighted by Crippen LogP contribution is -2.32. The predicted octanol–water partition coefficient (Wildman–Crippen LogP) is 4.69. The summed E-state index contributed by atoms with van der Waals surface area (Å²) in [7, 11) is 1.27. The lowest BCUT2D eigenvalue weighted by Gasteiger charge is -2.22. The molecule has 0 saturated heterocycles. The number of imide groups is 1. The lowest BCUT2D eigenvalue weighted by molar-refractivity contribution is -0.136. The second-order valence-electron chi connectivity index (χ2n) is 8.64. The normalized spacial score (nSPS) is 15.3. The van der Waals surface area contributed by atoms with Crippen molar-refractivity contribution >= 4 is 23.5 Å². The molecule has 0 fully saturated rings. The molecule has 1 aliphatic heterocycles. The Labute approximate surface area is 183 Å². The summed E-state index contributed by atoms with van der Waals surface area (Å²) in [5, 5.41) is 0. The van der Waals surface area contributed by atoms with Crippen molar-refractivity contribution in [2.24, 2.45) is 0 Å². The number of carbonyl (C=O) groups is 3. The molecule has 0 N–H and O–H groups in total. The Kier molecular flexibility index (Phi) is 5.98. The number of methoxy groups -OCH3 is 1. The molecule has 3 rings (SSSR count). The van der Waals surface area contributed by atoms with Gasteiger partial charge >= 0.3 is 5.97 Å². The second-order valence-corrected chi connectivity index (χ2v) is 8.64. The van der Waals surface area contributed by atoms with Crippen LogP contribution in [0.4, 0.5) is 5.69 Å². The number of carbonyl (C=O) groups excluding carboxylic acids is 3. The summed E-state index contributed by atoms with van der Waals surface area (Å²) in [5.41, 5.74) is 2.88. The van der Waals surface area contributed by atoms with E-state index in [1.807, 2.05) is 30.3 Å². The summed E-state index contributed by atoms with van der Waals surface area (Å²) in [4.78, 5) is 40.1. The van der Waals surface area contributed by atoms with E-state index in [2.05, 4.69) is 27.4 Å². The van der Waals surface area contributed by atoms with Crippen molar-refractivity contribution < 1.29 is 19.1 Å². The fourth-order valence-corrected chi connectivity index (χ4v) is 3.78. The topological polar surface area (TPSA) is 63.7 Å². The summed E-state index contributed by atoms with van der Waals surface area (Å²) in [6.45, 7) is 11.8. The number of rotatable bonds is 5. The molecule has 0 saturated carbocycles. The van der Waals surface area contributed by atoms with Gasteiger partial charge in [-0.25, -0.2) is 9.69 Å². The molecule has 0 aliphatic carbocycles. The van der Waals surface area contributed by atoms with E-state index in [0.29, 0.717) is 16.8 Å². The van der Waals surface area contributed by atoms with Gasteiger partial charge in [-0.2, -0.15) is 0 Å². The van der Waals surface area contributed by atoms with Crippen LogP contribution in [0.2, 0.25) is 0 Å². The van der Waals surface area contributed by atoms with Gasteiger partial charge in [-0.05, 0) is 35.6 Å². The summed E-state index contributed by atoms with van der Waals surface area (Å²) in [6.07, 6.45) is 0. The number of hydrogen-bond donors (Lipinski definition) is 0. The Morgan fingerprint density at radius 2 is 1.55 bits per heavy atom. The molecule has 0 spiro atoms. The first-order chi connectivity index (χ1) is 14.6. The van der Waals surface area contributed by atoms with Crippen LogP contribution < -0.4 is 4.90 Å². The number of ether oxygens (including phenoxy) is 1. The fourth-order valence-electron chi connectivity index (χ4n) is 3.78. The first kappa shape index (κ1) is 22.2. The largest absolute Gasteiger partial charge is 0.466 e. The zero-order chi connectivity index (χ0) is 22.9. The minimum Gasteiger partial charge on any atom is -0.466 e. The van der Waals surface area contributed by atoms with Crippen molar-refractivity contribution in [3.8, 4) is 0 Å². The molecule has 0 unspecified atom stereocenters. The number of hydrogen-bond acceptors (Lipinski definition) is 4. The monoisotopic (exact) mass is 417 g/mol. The molecule has 0 aromatic heterocycles. The first-order valence-corrected chi connectivity index (χ1v) is 10.1. The van der Waals surface area contributed by atoms with E-state index >= 15 is 0 Å². The SMILES string of the molecule is C=C(C(=O)OC)[C@@H](C1=C(C)C(=O)N(c2ccc(C(C)(C)C)cc2)C1=O)c1ccccc1. The highest BCUT2D eigenvalue weighted by atomic mass is 16.5. The van der Waals surface area contributed by atoms with Gasteiger partial charge in [-0.15, -0.1) is 0 Å². The van der Waals surface area contributed by atoms with Gasteiger partial charge in [0, 0.05) is 22.6 Å². The summed E-state index contributed by atoms with van der Waals surface area (Å²) < 4.78 is 4.86. The molecule has 31 heavy (non-hydrogen) atoms. The molecule has 0 radical (unpaired) electrons. The average Bonchev–Trinajstić information content (AvgIpc) is 2.97. The summed E-state index contributed by atoms with van der Waals surface area (Å²) in [5.74, 6) is -2.25. The highest BCUT2D eigenvalue weighted by Crippen LogP contribution is 2.40. The Hall–Kier alpha value is -3.47. The molecule has 2 aromatic rings. The molecule has 160 valence electrons. The highest BCUT2D eigenvalue weighted by Gasteiger charge is 2.42. The van der Waals surface area contributed by atoms with Crippen LogP contribution in [0.15, 0.2) is 77.9 Å². The van der Waals surface area contributed by atoms with E-state index in [4.69, 9.17) is 4.74 Å². The van der Waals surface area contributed by atoms with Crippen LogP contribution in [0, 0.1) is 0 Å². The molecule has 1 heterocycles. The van der Waals surface area contributed by atoms with Gasteiger partial charge in [-0.3, -0.25) is 9.59 Å². The minimum absolute atomic E-state index is 0.0481. The lowest BCUT2D eigenvalue weighted by atomic mass is 9.83. The van der Waals surface area contributed by atoms with Crippen LogP contribution in [0.25, 0.3) is 0 Å². The number of amides is 2. The molecule has 5 heteroatoms. The third-order valence-electron chi connectivity index (χ3n) is 5.57. The molecule has 1 atom stereocenters. The molecular weight excluding hydrogens is 390 g/mol. The van der Waals surface area contributed by atoms with Gasteiger partial charge in [0.05, 0.1) is 12.8 Å². The maximum absolute atomic E-state index is 13.5. The standard InChI is InChI=1S/C26H27NO4/c1-16-22(21(17(2)25(30)31-6)18-10-8-7-9-11-18)24(29)27(23(16)28)20-14-12-19(13-15-20)26(3,4)5/h7-15,21H,2H2,1,3-6H3/t21-/m1/s1. The Morgan fingerprint density at radius 3 is 2.06 bits per heavy atom. The smallest absolute Gasteiger partial charge is 0.334 e. The minimum atomic E-state index is -0.774. The third-order valence-corrected chi connectivity index (χ3v) is 5.57. The van der Waals surface area contributed by atoms with Crippen LogP contribution in [0.5, 0.6) is 0 Å². The maximum atomic E-state index is 13.5. The number of anilines is 1. The van der Waals surface area contributed by atoms with Crippen molar-refractivity contribution in [3.05, 3.63) is 89.0 Å². The van der Waals surface area contributed by atoms with Crippen LogP contribution in [0.3, 0.4) is 0 Å². The number of nitrogens with zero attached hydrogens (tertiary/aromatic N) is 1. The van der Waals surface area contributed by atoms with Gasteiger partial charge in [0.2, 0.25) is 0 Å². The van der Waals surface area contributed by atoms with Crippen LogP contribution in [0.1, 0.15) is 44.7 Å². The fraction of sp³-hybridized carbons (Fsp3) is 0.269. The Morgan fingerprint density at radius 1 is 0.968 bits per heavy atom. The zero-order valence-electron chi connectivity index (χ0n) is 18.6. The van der Waals surface area contributed by atoms with Crippen molar-refractivity contribution in [2.75, 3.05) is 12.0 Å². The van der Waals surface area contributed by atoms with Crippen molar-refractivity contribution in [1.29, 1.82) is 0 Å². The molecule has 5 nitrogen and oxygen atoms in total. The van der Waals surface area contributed by atoms with E-state index in [1.165, 1.54) is 7.11 Å². The van der Waals surface area contributed by atoms with Gasteiger partial charge in [0.1, 0.15) is 0 Å². The third kappa shape index (κ3) is 4.08. The Balaban J connectivity index is 2.06. The van der Waals surface area contributed by atoms with E-state index in [1.54, 1.807) is 31.2 Å². The molecule has 2 amide bonds. The summed E-state index contributed by atoms with van der Waals surface area (Å²) in [6, 6.07) is 16.5.